The molecule has 0 spiro atoms. The van der Waals surface area contributed by atoms with Gasteiger partial charge in [-0.25, -0.2) is 4.79 Å². The van der Waals surface area contributed by atoms with Crippen LogP contribution in [0.25, 0.3) is 10.9 Å². The fourth-order valence-corrected chi connectivity index (χ4v) is 2.63. The summed E-state index contributed by atoms with van der Waals surface area (Å²) in [5, 5.41) is 12.4. The van der Waals surface area contributed by atoms with Gasteiger partial charge in [0.1, 0.15) is 12.1 Å². The standard InChI is InChI=1S/C18H23N3O5/c1-2-26-18(25)15(21-16(22)8-7-13(19)17(23)24)9-11-10-20-14-6-4-3-5-12(11)14/h3-6,10,13,15,20H,2,7-9,19H2,1H3,(H,21,22)(H,23,24)/t13?,15-/m0/s1. The minimum absolute atomic E-state index is 0.0101. The van der Waals surface area contributed by atoms with Gasteiger partial charge in [-0.15, -0.1) is 0 Å². The van der Waals surface area contributed by atoms with E-state index in [4.69, 9.17) is 15.6 Å². The van der Waals surface area contributed by atoms with E-state index in [9.17, 15) is 14.4 Å². The van der Waals surface area contributed by atoms with Crippen molar-refractivity contribution in [3.8, 4) is 0 Å². The molecule has 2 rings (SSSR count). The van der Waals surface area contributed by atoms with Crippen LogP contribution in [0.1, 0.15) is 25.3 Å². The molecule has 0 bridgehead atoms. The number of ether oxygens (including phenoxy) is 1. The molecule has 0 aliphatic rings. The number of hydrogen-bond acceptors (Lipinski definition) is 5. The molecule has 26 heavy (non-hydrogen) atoms. The summed E-state index contributed by atoms with van der Waals surface area (Å²) in [6.45, 7) is 1.89. The van der Waals surface area contributed by atoms with Gasteiger partial charge in [-0.1, -0.05) is 18.2 Å². The monoisotopic (exact) mass is 361 g/mol. The normalized spacial score (nSPS) is 13.2. The maximum absolute atomic E-state index is 12.2. The zero-order valence-electron chi connectivity index (χ0n) is 14.5. The summed E-state index contributed by atoms with van der Waals surface area (Å²) >= 11 is 0. The molecule has 2 atom stereocenters. The van der Waals surface area contributed by atoms with Crippen molar-refractivity contribution in [2.75, 3.05) is 6.61 Å². The van der Waals surface area contributed by atoms with E-state index in [-0.39, 0.29) is 25.9 Å². The van der Waals surface area contributed by atoms with Gasteiger partial charge in [0.15, 0.2) is 0 Å². The molecule has 8 nitrogen and oxygen atoms in total. The minimum Gasteiger partial charge on any atom is -0.480 e. The molecule has 1 aromatic heterocycles. The predicted molar refractivity (Wildman–Crippen MR) is 95.4 cm³/mol. The van der Waals surface area contributed by atoms with Crippen molar-refractivity contribution in [2.45, 2.75) is 38.3 Å². The average molecular weight is 361 g/mol. The Morgan fingerprint density at radius 1 is 1.31 bits per heavy atom. The van der Waals surface area contributed by atoms with E-state index in [1.54, 1.807) is 13.1 Å². The van der Waals surface area contributed by atoms with Crippen molar-refractivity contribution in [3.05, 3.63) is 36.0 Å². The number of nitrogens with two attached hydrogens (primary N) is 1. The van der Waals surface area contributed by atoms with Gasteiger partial charge in [0, 0.05) is 29.9 Å². The van der Waals surface area contributed by atoms with E-state index in [2.05, 4.69) is 10.3 Å². The van der Waals surface area contributed by atoms with Gasteiger partial charge in [-0.05, 0) is 25.0 Å². The number of aromatic amines is 1. The Morgan fingerprint density at radius 3 is 2.73 bits per heavy atom. The zero-order chi connectivity index (χ0) is 19.1. The van der Waals surface area contributed by atoms with Crippen molar-refractivity contribution in [3.63, 3.8) is 0 Å². The lowest BCUT2D eigenvalue weighted by molar-refractivity contribution is -0.147. The first-order chi connectivity index (χ1) is 12.4. The number of aliphatic carboxylic acids is 1. The number of para-hydroxylation sites is 1. The van der Waals surface area contributed by atoms with Crippen LogP contribution >= 0.6 is 0 Å². The number of benzene rings is 1. The van der Waals surface area contributed by atoms with Gasteiger partial charge in [0.25, 0.3) is 0 Å². The SMILES string of the molecule is CCOC(=O)[C@H](Cc1c[nH]c2ccccc12)NC(=O)CCC(N)C(=O)O. The number of carboxylic acid groups (broad SMARTS) is 1. The molecule has 0 saturated carbocycles. The Morgan fingerprint density at radius 2 is 2.04 bits per heavy atom. The number of carbonyl (C=O) groups excluding carboxylic acids is 2. The van der Waals surface area contributed by atoms with Crippen LogP contribution in [0.2, 0.25) is 0 Å². The maximum atomic E-state index is 12.2. The quantitative estimate of drug-likeness (QED) is 0.491. The second-order valence-electron chi connectivity index (χ2n) is 5.92. The lowest BCUT2D eigenvalue weighted by atomic mass is 10.0. The number of H-pyrrole nitrogens is 1. The van der Waals surface area contributed by atoms with E-state index in [1.165, 1.54) is 0 Å². The van der Waals surface area contributed by atoms with E-state index >= 15 is 0 Å². The second-order valence-corrected chi connectivity index (χ2v) is 5.92. The third kappa shape index (κ3) is 5.06. The lowest BCUT2D eigenvalue weighted by Gasteiger charge is -2.17. The molecule has 0 radical (unpaired) electrons. The molecule has 0 fully saturated rings. The fraction of sp³-hybridized carbons (Fsp3) is 0.389. The molecular weight excluding hydrogens is 338 g/mol. The smallest absolute Gasteiger partial charge is 0.328 e. The Bertz CT molecular complexity index is 786. The van der Waals surface area contributed by atoms with Gasteiger partial charge < -0.3 is 25.9 Å². The number of amides is 1. The molecule has 1 amide bonds. The number of esters is 1. The highest BCUT2D eigenvalue weighted by Gasteiger charge is 2.24. The second kappa shape index (κ2) is 9.00. The van der Waals surface area contributed by atoms with Gasteiger partial charge in [0.05, 0.1) is 6.61 Å². The van der Waals surface area contributed by atoms with Crippen LogP contribution in [0, 0.1) is 0 Å². The summed E-state index contributed by atoms with van der Waals surface area (Å²) in [5.41, 5.74) is 7.21. The number of rotatable bonds is 9. The highest BCUT2D eigenvalue weighted by molar-refractivity contribution is 5.87. The van der Waals surface area contributed by atoms with Crippen molar-refractivity contribution in [2.24, 2.45) is 5.73 Å². The lowest BCUT2D eigenvalue weighted by Crippen LogP contribution is -2.44. The molecule has 0 aliphatic heterocycles. The number of hydrogen-bond donors (Lipinski definition) is 4. The van der Waals surface area contributed by atoms with Gasteiger partial charge in [-0.3, -0.25) is 9.59 Å². The largest absolute Gasteiger partial charge is 0.480 e. The number of carbonyl (C=O) groups is 3. The van der Waals surface area contributed by atoms with E-state index < -0.39 is 29.9 Å². The third-order valence-electron chi connectivity index (χ3n) is 4.00. The third-order valence-corrected chi connectivity index (χ3v) is 4.00. The van der Waals surface area contributed by atoms with E-state index in [1.807, 2.05) is 24.3 Å². The highest BCUT2D eigenvalue weighted by atomic mass is 16.5. The van der Waals surface area contributed by atoms with Gasteiger partial charge in [-0.2, -0.15) is 0 Å². The van der Waals surface area contributed by atoms with Gasteiger partial charge in [0.2, 0.25) is 5.91 Å². The van der Waals surface area contributed by atoms with Crippen molar-refractivity contribution in [1.82, 2.24) is 10.3 Å². The first kappa shape index (κ1) is 19.5. The first-order valence-electron chi connectivity index (χ1n) is 8.41. The number of nitrogens with one attached hydrogen (secondary N) is 2. The Labute approximate surface area is 150 Å². The number of fused-ring (bicyclic) bond motifs is 1. The molecule has 1 heterocycles. The van der Waals surface area contributed by atoms with Crippen molar-refractivity contribution in [1.29, 1.82) is 0 Å². The fourth-order valence-electron chi connectivity index (χ4n) is 2.63. The van der Waals surface area contributed by atoms with Crippen LogP contribution in [0.3, 0.4) is 0 Å². The van der Waals surface area contributed by atoms with Crippen LogP contribution < -0.4 is 11.1 Å². The van der Waals surface area contributed by atoms with Crippen LogP contribution in [0.15, 0.2) is 30.5 Å². The Balaban J connectivity index is 2.07. The highest BCUT2D eigenvalue weighted by Crippen LogP contribution is 2.19. The Hall–Kier alpha value is -2.87. The summed E-state index contributed by atoms with van der Waals surface area (Å²) in [7, 11) is 0. The van der Waals surface area contributed by atoms with E-state index in [0.29, 0.717) is 0 Å². The van der Waals surface area contributed by atoms with E-state index in [0.717, 1.165) is 16.5 Å². The molecular formula is C18H23N3O5. The van der Waals surface area contributed by atoms with Crippen LogP contribution in [0.5, 0.6) is 0 Å². The molecule has 2 aromatic rings. The maximum Gasteiger partial charge on any atom is 0.328 e. The van der Waals surface area contributed by atoms with Gasteiger partial charge >= 0.3 is 11.9 Å². The molecule has 8 heteroatoms. The Kier molecular flexibility index (Phi) is 6.74. The predicted octanol–water partition coefficient (Wildman–Crippen LogP) is 0.950. The summed E-state index contributed by atoms with van der Waals surface area (Å²) in [4.78, 5) is 38.2. The molecule has 0 saturated heterocycles. The minimum atomic E-state index is -1.17. The van der Waals surface area contributed by atoms with Crippen LogP contribution in [0.4, 0.5) is 0 Å². The molecule has 0 aliphatic carbocycles. The molecule has 1 unspecified atom stereocenters. The summed E-state index contributed by atoms with van der Waals surface area (Å²) < 4.78 is 5.05. The topological polar surface area (TPSA) is 135 Å². The van der Waals surface area contributed by atoms with Crippen LogP contribution in [-0.2, 0) is 25.5 Å². The summed E-state index contributed by atoms with van der Waals surface area (Å²) in [6, 6.07) is 5.67. The molecule has 1 aromatic carbocycles. The number of carboxylic acids is 1. The van der Waals surface area contributed by atoms with Crippen molar-refractivity contribution >= 4 is 28.7 Å². The average Bonchev–Trinajstić information content (AvgIpc) is 3.02. The number of aromatic nitrogens is 1. The summed E-state index contributed by atoms with van der Waals surface area (Å²) in [6.07, 6.45) is 1.96. The first-order valence-corrected chi connectivity index (χ1v) is 8.41. The summed E-state index contributed by atoms with van der Waals surface area (Å²) in [5.74, 6) is -2.15. The molecule has 140 valence electrons. The van der Waals surface area contributed by atoms with Crippen molar-refractivity contribution < 1.29 is 24.2 Å². The zero-order valence-corrected chi connectivity index (χ0v) is 14.5. The molecule has 5 N–H and O–H groups in total. The van der Waals surface area contributed by atoms with Crippen LogP contribution in [-0.4, -0.2) is 46.6 Å².